The first-order valence-electron chi connectivity index (χ1n) is 3.21. The molecule has 0 aromatic heterocycles. The van der Waals surface area contributed by atoms with E-state index in [0.29, 0.717) is 0 Å². The Labute approximate surface area is 71.8 Å². The molecule has 1 atom stereocenters. The largest absolute Gasteiger partial charge is 0.324 e. The van der Waals surface area contributed by atoms with E-state index in [4.69, 9.17) is 5.73 Å². The first-order valence-corrected chi connectivity index (χ1v) is 3.21. The second-order valence-electron chi connectivity index (χ2n) is 2.34. The molecule has 0 spiro atoms. The molecule has 1 unspecified atom stereocenters. The Balaban J connectivity index is 0.000001000. The number of rotatable bonds is 1. The summed E-state index contributed by atoms with van der Waals surface area (Å²) in [6, 6.07) is 6.21. The Kier molecular flexibility index (Phi) is 4.08. The summed E-state index contributed by atoms with van der Waals surface area (Å²) in [5.74, 6) is -0.218. The Bertz CT molecular complexity index is 208. The Hall–Kier alpha value is -0.600. The third-order valence-corrected chi connectivity index (χ3v) is 1.40. The second-order valence-corrected chi connectivity index (χ2v) is 2.34. The SMILES string of the molecule is CC(N)c1ccc(F)cc1.Cl. The van der Waals surface area contributed by atoms with Crippen molar-refractivity contribution < 1.29 is 4.39 Å². The maximum Gasteiger partial charge on any atom is 0.123 e. The van der Waals surface area contributed by atoms with Gasteiger partial charge in [0.05, 0.1) is 0 Å². The predicted octanol–water partition coefficient (Wildman–Crippen LogP) is 2.27. The number of hydrogen-bond donors (Lipinski definition) is 1. The number of halogens is 2. The Morgan fingerprint density at radius 3 is 2.09 bits per heavy atom. The second kappa shape index (κ2) is 4.31. The molecule has 1 nitrogen and oxygen atoms in total. The fraction of sp³-hybridized carbons (Fsp3) is 0.250. The Morgan fingerprint density at radius 2 is 1.73 bits per heavy atom. The van der Waals surface area contributed by atoms with Crippen molar-refractivity contribution in [3.63, 3.8) is 0 Å². The zero-order valence-corrected chi connectivity index (χ0v) is 7.07. The van der Waals surface area contributed by atoms with Gasteiger partial charge in [0.25, 0.3) is 0 Å². The van der Waals surface area contributed by atoms with Gasteiger partial charge in [-0.3, -0.25) is 0 Å². The van der Waals surface area contributed by atoms with Gasteiger partial charge in [0, 0.05) is 6.04 Å². The van der Waals surface area contributed by atoms with Crippen LogP contribution in [0.15, 0.2) is 24.3 Å². The fourth-order valence-electron chi connectivity index (χ4n) is 0.766. The maximum absolute atomic E-state index is 12.3. The molecule has 1 aromatic rings. The molecular weight excluding hydrogens is 165 g/mol. The molecule has 11 heavy (non-hydrogen) atoms. The van der Waals surface area contributed by atoms with Crippen molar-refractivity contribution in [3.8, 4) is 0 Å². The van der Waals surface area contributed by atoms with Crippen molar-refractivity contribution in [3.05, 3.63) is 35.6 Å². The lowest BCUT2D eigenvalue weighted by Crippen LogP contribution is -2.04. The lowest BCUT2D eigenvalue weighted by atomic mass is 10.1. The standard InChI is InChI=1S/C8H10FN.ClH/c1-6(10)7-2-4-8(9)5-3-7;/h2-6H,10H2,1H3;1H. The topological polar surface area (TPSA) is 26.0 Å². The molecule has 3 heteroatoms. The molecule has 0 aliphatic carbocycles. The maximum atomic E-state index is 12.3. The molecule has 1 aromatic carbocycles. The minimum atomic E-state index is -0.218. The van der Waals surface area contributed by atoms with Gasteiger partial charge in [0.1, 0.15) is 5.82 Å². The molecule has 2 N–H and O–H groups in total. The van der Waals surface area contributed by atoms with Crippen LogP contribution in [0.3, 0.4) is 0 Å². The van der Waals surface area contributed by atoms with Crippen LogP contribution in [0.1, 0.15) is 18.5 Å². The van der Waals surface area contributed by atoms with E-state index in [1.165, 1.54) is 12.1 Å². The van der Waals surface area contributed by atoms with Gasteiger partial charge in [-0.15, -0.1) is 12.4 Å². The first-order chi connectivity index (χ1) is 4.70. The van der Waals surface area contributed by atoms with Crippen molar-refractivity contribution in [1.82, 2.24) is 0 Å². The van der Waals surface area contributed by atoms with Gasteiger partial charge in [-0.2, -0.15) is 0 Å². The highest BCUT2D eigenvalue weighted by atomic mass is 35.5. The average Bonchev–Trinajstić information content (AvgIpc) is 1.88. The minimum Gasteiger partial charge on any atom is -0.324 e. The highest BCUT2D eigenvalue weighted by Crippen LogP contribution is 2.09. The van der Waals surface area contributed by atoms with E-state index in [1.807, 2.05) is 6.92 Å². The number of benzene rings is 1. The quantitative estimate of drug-likeness (QED) is 0.696. The molecule has 0 fully saturated rings. The van der Waals surface area contributed by atoms with E-state index < -0.39 is 0 Å². The third-order valence-electron chi connectivity index (χ3n) is 1.40. The van der Waals surface area contributed by atoms with Crippen LogP contribution >= 0.6 is 12.4 Å². The van der Waals surface area contributed by atoms with E-state index in [1.54, 1.807) is 12.1 Å². The monoisotopic (exact) mass is 175 g/mol. The van der Waals surface area contributed by atoms with Crippen LogP contribution in [-0.2, 0) is 0 Å². The smallest absolute Gasteiger partial charge is 0.123 e. The molecule has 62 valence electrons. The van der Waals surface area contributed by atoms with E-state index >= 15 is 0 Å². The highest BCUT2D eigenvalue weighted by molar-refractivity contribution is 5.85. The number of nitrogens with two attached hydrogens (primary N) is 1. The molecule has 0 aliphatic heterocycles. The zero-order valence-electron chi connectivity index (χ0n) is 6.25. The summed E-state index contributed by atoms with van der Waals surface area (Å²) in [7, 11) is 0. The van der Waals surface area contributed by atoms with E-state index in [-0.39, 0.29) is 24.3 Å². The first kappa shape index (κ1) is 10.4. The van der Waals surface area contributed by atoms with Gasteiger partial charge >= 0.3 is 0 Å². The molecular formula is C8H11ClFN. The van der Waals surface area contributed by atoms with E-state index in [2.05, 4.69) is 0 Å². The summed E-state index contributed by atoms with van der Waals surface area (Å²) in [6.07, 6.45) is 0. The van der Waals surface area contributed by atoms with Gasteiger partial charge in [-0.05, 0) is 24.6 Å². The van der Waals surface area contributed by atoms with E-state index in [0.717, 1.165) is 5.56 Å². The van der Waals surface area contributed by atoms with Crippen LogP contribution in [-0.4, -0.2) is 0 Å². The van der Waals surface area contributed by atoms with Crippen molar-refractivity contribution in [2.24, 2.45) is 5.73 Å². The average molecular weight is 176 g/mol. The summed E-state index contributed by atoms with van der Waals surface area (Å²) in [5, 5.41) is 0. The zero-order chi connectivity index (χ0) is 7.56. The molecule has 0 aliphatic rings. The van der Waals surface area contributed by atoms with Crippen molar-refractivity contribution in [1.29, 1.82) is 0 Å². The Morgan fingerprint density at radius 1 is 1.27 bits per heavy atom. The molecule has 0 bridgehead atoms. The summed E-state index contributed by atoms with van der Waals surface area (Å²) in [5.41, 5.74) is 6.50. The molecule has 1 rings (SSSR count). The van der Waals surface area contributed by atoms with Gasteiger partial charge in [-0.25, -0.2) is 4.39 Å². The normalized spacial score (nSPS) is 11.9. The van der Waals surface area contributed by atoms with Crippen molar-refractivity contribution in [2.75, 3.05) is 0 Å². The van der Waals surface area contributed by atoms with Crippen LogP contribution < -0.4 is 5.73 Å². The van der Waals surface area contributed by atoms with Gasteiger partial charge in [0.15, 0.2) is 0 Å². The van der Waals surface area contributed by atoms with Gasteiger partial charge in [-0.1, -0.05) is 12.1 Å². The van der Waals surface area contributed by atoms with Crippen molar-refractivity contribution in [2.45, 2.75) is 13.0 Å². The van der Waals surface area contributed by atoms with Gasteiger partial charge in [0.2, 0.25) is 0 Å². The highest BCUT2D eigenvalue weighted by Gasteiger charge is 1.96. The summed E-state index contributed by atoms with van der Waals surface area (Å²) < 4.78 is 12.3. The van der Waals surface area contributed by atoms with Crippen LogP contribution in [0.2, 0.25) is 0 Å². The van der Waals surface area contributed by atoms with Crippen LogP contribution in [0.25, 0.3) is 0 Å². The predicted molar refractivity (Wildman–Crippen MR) is 46.3 cm³/mol. The van der Waals surface area contributed by atoms with Crippen LogP contribution in [0.5, 0.6) is 0 Å². The lowest BCUT2D eigenvalue weighted by molar-refractivity contribution is 0.626. The van der Waals surface area contributed by atoms with Crippen LogP contribution in [0, 0.1) is 5.82 Å². The fourth-order valence-corrected chi connectivity index (χ4v) is 0.766. The molecule has 0 saturated carbocycles. The molecule has 0 radical (unpaired) electrons. The molecule has 0 heterocycles. The van der Waals surface area contributed by atoms with Crippen LogP contribution in [0.4, 0.5) is 4.39 Å². The van der Waals surface area contributed by atoms with Gasteiger partial charge < -0.3 is 5.73 Å². The minimum absolute atomic E-state index is 0. The third kappa shape index (κ3) is 2.87. The number of hydrogen-bond acceptors (Lipinski definition) is 1. The summed E-state index contributed by atoms with van der Waals surface area (Å²) in [6.45, 7) is 1.87. The molecule has 0 amide bonds. The van der Waals surface area contributed by atoms with E-state index in [9.17, 15) is 4.39 Å². The summed E-state index contributed by atoms with van der Waals surface area (Å²) in [4.78, 5) is 0. The summed E-state index contributed by atoms with van der Waals surface area (Å²) >= 11 is 0. The van der Waals surface area contributed by atoms with Crippen molar-refractivity contribution >= 4 is 12.4 Å². The molecule has 0 saturated heterocycles. The lowest BCUT2D eigenvalue weighted by Gasteiger charge is -2.02.